The first-order valence-electron chi connectivity index (χ1n) is 11.8. The lowest BCUT2D eigenvalue weighted by Gasteiger charge is -2.17. The molecular formula is C25H23ClN8O6S. The average Bonchev–Trinajstić information content (AvgIpc) is 3.46. The summed E-state index contributed by atoms with van der Waals surface area (Å²) in [7, 11) is -2.37. The van der Waals surface area contributed by atoms with Crippen molar-refractivity contribution in [1.82, 2.24) is 35.7 Å². The van der Waals surface area contributed by atoms with Crippen LogP contribution in [0.5, 0.6) is 0 Å². The van der Waals surface area contributed by atoms with Gasteiger partial charge in [-0.2, -0.15) is 9.78 Å². The lowest BCUT2D eigenvalue weighted by molar-refractivity contribution is -0.117. The van der Waals surface area contributed by atoms with Crippen LogP contribution in [0.3, 0.4) is 0 Å². The number of halogens is 1. The molecule has 0 spiro atoms. The van der Waals surface area contributed by atoms with Crippen LogP contribution in [0.1, 0.15) is 17.3 Å². The van der Waals surface area contributed by atoms with Crippen molar-refractivity contribution in [3.8, 4) is 16.8 Å². The molecule has 4 aromatic rings. The minimum atomic E-state index is -3.60. The zero-order valence-corrected chi connectivity index (χ0v) is 23.2. The van der Waals surface area contributed by atoms with E-state index in [1.165, 1.54) is 36.3 Å². The van der Waals surface area contributed by atoms with Gasteiger partial charge in [0.25, 0.3) is 5.56 Å². The molecule has 0 aliphatic rings. The number of hydrogen-bond acceptors (Lipinski definition) is 10. The maximum atomic E-state index is 12.9. The van der Waals surface area contributed by atoms with E-state index in [0.29, 0.717) is 27.5 Å². The van der Waals surface area contributed by atoms with E-state index >= 15 is 0 Å². The molecular weight excluding hydrogens is 576 g/mol. The standard InChI is InChI=1S/C25H23ClN8O6S/c1-40-25(37)28-18-7-3-15(4-8-18)19-12-20(30-31-24(19)36)21(13-41(2,38)39)29-23(35)10-5-16-11-17(26)6-9-22(16)34-14-27-32-33-34/h3-12,14,21H,13H2,1-2H3,(H,28,37)(H,29,35)(H,31,36)/t21-/m0/s1. The number of amides is 2. The van der Waals surface area contributed by atoms with Gasteiger partial charge in [-0.3, -0.25) is 14.9 Å². The van der Waals surface area contributed by atoms with Crippen molar-refractivity contribution < 1.29 is 22.7 Å². The first-order valence-corrected chi connectivity index (χ1v) is 14.2. The molecule has 0 aliphatic heterocycles. The summed E-state index contributed by atoms with van der Waals surface area (Å²) in [6, 6.07) is 11.5. The Morgan fingerprint density at radius 1 is 1.17 bits per heavy atom. The van der Waals surface area contributed by atoms with Gasteiger partial charge in [-0.15, -0.1) is 5.10 Å². The Balaban J connectivity index is 1.60. The lowest BCUT2D eigenvalue weighted by atomic mass is 10.1. The number of ether oxygens (including phenoxy) is 1. The maximum Gasteiger partial charge on any atom is 0.411 e. The Bertz CT molecular complexity index is 1760. The van der Waals surface area contributed by atoms with Crippen LogP contribution in [0, 0.1) is 0 Å². The van der Waals surface area contributed by atoms with Crippen LogP contribution in [0.25, 0.3) is 22.9 Å². The van der Waals surface area contributed by atoms with E-state index in [-0.39, 0.29) is 11.3 Å². The van der Waals surface area contributed by atoms with E-state index in [1.807, 2.05) is 0 Å². The van der Waals surface area contributed by atoms with Crippen LogP contribution in [0.2, 0.25) is 5.02 Å². The van der Waals surface area contributed by atoms with Crippen LogP contribution < -0.4 is 16.2 Å². The van der Waals surface area contributed by atoms with Gasteiger partial charge in [-0.1, -0.05) is 23.7 Å². The average molecular weight is 599 g/mol. The molecule has 0 bridgehead atoms. The van der Waals surface area contributed by atoms with Crippen LogP contribution >= 0.6 is 11.6 Å². The number of methoxy groups -OCH3 is 1. The Morgan fingerprint density at radius 3 is 2.59 bits per heavy atom. The molecule has 2 amide bonds. The molecule has 0 radical (unpaired) electrons. The first kappa shape index (κ1) is 29.1. The number of tetrazole rings is 1. The fourth-order valence-electron chi connectivity index (χ4n) is 3.74. The zero-order valence-electron chi connectivity index (χ0n) is 21.6. The number of carbonyl (C=O) groups is 2. The summed E-state index contributed by atoms with van der Waals surface area (Å²) in [4.78, 5) is 36.9. The number of anilines is 1. The second-order valence-corrected chi connectivity index (χ2v) is 11.3. The molecule has 14 nitrogen and oxygen atoms in total. The van der Waals surface area contributed by atoms with Gasteiger partial charge in [-0.05, 0) is 58.5 Å². The fourth-order valence-corrected chi connectivity index (χ4v) is 4.78. The van der Waals surface area contributed by atoms with E-state index in [4.69, 9.17) is 11.6 Å². The van der Waals surface area contributed by atoms with Crippen molar-refractivity contribution in [3.63, 3.8) is 0 Å². The van der Waals surface area contributed by atoms with Crippen molar-refractivity contribution in [2.24, 2.45) is 0 Å². The van der Waals surface area contributed by atoms with E-state index < -0.39 is 39.2 Å². The fraction of sp³-hybridized carbons (Fsp3) is 0.160. The Kier molecular flexibility index (Phi) is 8.89. The van der Waals surface area contributed by atoms with Crippen molar-refractivity contribution in [2.45, 2.75) is 6.04 Å². The van der Waals surface area contributed by atoms with Gasteiger partial charge in [0.1, 0.15) is 16.2 Å². The number of rotatable bonds is 9. The molecule has 4 rings (SSSR count). The van der Waals surface area contributed by atoms with Crippen molar-refractivity contribution >= 4 is 45.2 Å². The third-order valence-corrected chi connectivity index (χ3v) is 6.77. The molecule has 0 unspecified atom stereocenters. The normalized spacial score (nSPS) is 12.2. The Hall–Kier alpha value is -4.89. The number of aromatic nitrogens is 6. The Labute approximate surface area is 238 Å². The number of sulfone groups is 1. The predicted octanol–water partition coefficient (Wildman–Crippen LogP) is 2.16. The highest BCUT2D eigenvalue weighted by molar-refractivity contribution is 7.90. The molecule has 2 aromatic carbocycles. The zero-order chi connectivity index (χ0) is 29.6. The quantitative estimate of drug-likeness (QED) is 0.240. The minimum Gasteiger partial charge on any atom is -0.453 e. The molecule has 2 aromatic heterocycles. The lowest BCUT2D eigenvalue weighted by Crippen LogP contribution is -2.33. The molecule has 1 atom stereocenters. The number of H-pyrrole nitrogens is 1. The Morgan fingerprint density at radius 2 is 1.93 bits per heavy atom. The van der Waals surface area contributed by atoms with Crippen LogP contribution in [-0.2, 0) is 19.4 Å². The van der Waals surface area contributed by atoms with Crippen molar-refractivity contribution in [1.29, 1.82) is 0 Å². The molecule has 0 fully saturated rings. The van der Waals surface area contributed by atoms with E-state index in [9.17, 15) is 22.8 Å². The predicted molar refractivity (Wildman–Crippen MR) is 150 cm³/mol. The number of hydrogen-bond donors (Lipinski definition) is 3. The number of carbonyl (C=O) groups excluding carboxylic acids is 2. The summed E-state index contributed by atoms with van der Waals surface area (Å²) < 4.78 is 30.4. The highest BCUT2D eigenvalue weighted by Crippen LogP contribution is 2.23. The highest BCUT2D eigenvalue weighted by atomic mass is 35.5. The molecule has 0 saturated carbocycles. The monoisotopic (exact) mass is 598 g/mol. The van der Waals surface area contributed by atoms with Crippen molar-refractivity contribution in [2.75, 3.05) is 24.4 Å². The van der Waals surface area contributed by atoms with E-state index in [1.54, 1.807) is 42.5 Å². The van der Waals surface area contributed by atoms with E-state index in [0.717, 1.165) is 6.26 Å². The summed E-state index contributed by atoms with van der Waals surface area (Å²) in [5, 5.41) is 22.9. The van der Waals surface area contributed by atoms with Crippen LogP contribution in [-0.4, -0.2) is 69.9 Å². The molecule has 2 heterocycles. The summed E-state index contributed by atoms with van der Waals surface area (Å²) in [5.74, 6) is -1.12. The second kappa shape index (κ2) is 12.5. The topological polar surface area (TPSA) is 191 Å². The van der Waals surface area contributed by atoms with Gasteiger partial charge >= 0.3 is 6.09 Å². The first-order chi connectivity index (χ1) is 19.5. The van der Waals surface area contributed by atoms with Gasteiger partial charge in [0.05, 0.1) is 35.8 Å². The van der Waals surface area contributed by atoms with Crippen LogP contribution in [0.15, 0.2) is 65.7 Å². The summed E-state index contributed by atoms with van der Waals surface area (Å²) in [6.07, 6.45) is 4.43. The molecule has 3 N–H and O–H groups in total. The van der Waals surface area contributed by atoms with Crippen molar-refractivity contribution in [3.05, 3.63) is 87.6 Å². The van der Waals surface area contributed by atoms with Gasteiger partial charge < -0.3 is 10.1 Å². The maximum absolute atomic E-state index is 12.9. The smallest absolute Gasteiger partial charge is 0.411 e. The largest absolute Gasteiger partial charge is 0.453 e. The summed E-state index contributed by atoms with van der Waals surface area (Å²) >= 11 is 6.12. The third kappa shape index (κ3) is 7.83. The molecule has 0 aliphatic carbocycles. The summed E-state index contributed by atoms with van der Waals surface area (Å²) in [5.41, 5.74) is 1.72. The number of nitrogens with one attached hydrogen (secondary N) is 3. The highest BCUT2D eigenvalue weighted by Gasteiger charge is 2.22. The van der Waals surface area contributed by atoms with E-state index in [2.05, 4.69) is 41.1 Å². The minimum absolute atomic E-state index is 0.112. The summed E-state index contributed by atoms with van der Waals surface area (Å²) in [6.45, 7) is 0. The third-order valence-electron chi connectivity index (χ3n) is 5.59. The van der Waals surface area contributed by atoms with Gasteiger partial charge in [0.2, 0.25) is 5.91 Å². The number of benzene rings is 2. The van der Waals surface area contributed by atoms with Crippen LogP contribution in [0.4, 0.5) is 10.5 Å². The molecule has 41 heavy (non-hydrogen) atoms. The molecule has 212 valence electrons. The van der Waals surface area contributed by atoms with Gasteiger partial charge in [0, 0.05) is 28.6 Å². The number of nitrogens with zero attached hydrogens (tertiary/aromatic N) is 5. The number of aromatic amines is 1. The SMILES string of the molecule is COC(=O)Nc1ccc(-c2cc([C@H](CS(C)(=O)=O)NC(=O)C=Cc3cc(Cl)ccc3-n3cnnn3)n[nH]c2=O)cc1. The second-order valence-electron chi connectivity index (χ2n) is 8.67. The molecule has 16 heteroatoms. The van der Waals surface area contributed by atoms with Gasteiger partial charge in [0.15, 0.2) is 0 Å². The molecule has 0 saturated heterocycles. The van der Waals surface area contributed by atoms with Gasteiger partial charge in [-0.25, -0.2) is 18.3 Å².